The molecular formula is C22H21Cl2N3O4S. The quantitative estimate of drug-likeness (QED) is 0.563. The topological polar surface area (TPSA) is 104 Å². The maximum Gasteiger partial charge on any atom is 0.238 e. The largest absolute Gasteiger partial charge is 0.348 e. The number of fused-ring (bicyclic) bond motifs is 2. The Morgan fingerprint density at radius 1 is 1.16 bits per heavy atom. The lowest BCUT2D eigenvalue weighted by Gasteiger charge is -2.47. The van der Waals surface area contributed by atoms with Crippen LogP contribution in [-0.2, 0) is 25.0 Å². The summed E-state index contributed by atoms with van der Waals surface area (Å²) in [5.74, 6) is -1.35. The fourth-order valence-electron chi connectivity index (χ4n) is 4.82. The van der Waals surface area contributed by atoms with Crippen molar-refractivity contribution in [1.29, 1.82) is 0 Å². The third-order valence-corrected chi connectivity index (χ3v) is 6.99. The standard InChI is InChI=1S/C22H21Cl2N3O4S/c1-11(2)20-22(15-6-4-13(24)9-18(15)25-21(22)29)16(10-19(28)26-20)14-8-12(23)5-7-17(14)27-32(3,30)31/h4-9,16,20,27H,1,10H2,2-3H3,(H,25,29)(H,26,28). The highest BCUT2D eigenvalue weighted by Crippen LogP contribution is 2.55. The summed E-state index contributed by atoms with van der Waals surface area (Å²) in [6.07, 6.45) is 0.975. The van der Waals surface area contributed by atoms with E-state index in [0.717, 1.165) is 6.26 Å². The molecule has 10 heteroatoms. The third-order valence-electron chi connectivity index (χ3n) is 5.93. The zero-order chi connectivity index (χ0) is 23.4. The van der Waals surface area contributed by atoms with Gasteiger partial charge in [0, 0.05) is 28.1 Å². The first-order valence-electron chi connectivity index (χ1n) is 9.77. The lowest BCUT2D eigenvalue weighted by Crippen LogP contribution is -2.62. The molecule has 2 heterocycles. The van der Waals surface area contributed by atoms with Crippen molar-refractivity contribution in [2.45, 2.75) is 30.7 Å². The Hall–Kier alpha value is -2.55. The average molecular weight is 494 g/mol. The van der Waals surface area contributed by atoms with Crippen LogP contribution in [0, 0.1) is 0 Å². The van der Waals surface area contributed by atoms with E-state index < -0.39 is 27.4 Å². The van der Waals surface area contributed by atoms with Gasteiger partial charge < -0.3 is 10.6 Å². The second-order valence-corrected chi connectivity index (χ2v) is 10.8. The van der Waals surface area contributed by atoms with E-state index in [-0.39, 0.29) is 23.9 Å². The fraction of sp³-hybridized carbons (Fsp3) is 0.273. The predicted molar refractivity (Wildman–Crippen MR) is 126 cm³/mol. The number of carbonyl (C=O) groups is 2. The first kappa shape index (κ1) is 22.6. The molecule has 4 rings (SSSR count). The van der Waals surface area contributed by atoms with E-state index in [1.165, 1.54) is 6.07 Å². The Morgan fingerprint density at radius 3 is 2.47 bits per heavy atom. The number of hydrogen-bond acceptors (Lipinski definition) is 4. The van der Waals surface area contributed by atoms with Crippen molar-refractivity contribution >= 4 is 56.4 Å². The van der Waals surface area contributed by atoms with E-state index in [2.05, 4.69) is 21.9 Å². The Labute approximate surface area is 196 Å². The first-order valence-corrected chi connectivity index (χ1v) is 12.4. The molecular weight excluding hydrogens is 473 g/mol. The molecule has 1 fully saturated rings. The van der Waals surface area contributed by atoms with E-state index >= 15 is 0 Å². The highest BCUT2D eigenvalue weighted by Gasteiger charge is 2.61. The number of hydrogen-bond donors (Lipinski definition) is 3. The SMILES string of the molecule is C=C(C)C1NC(=O)CC(c2cc(Cl)ccc2NS(C)(=O)=O)C12C(=O)Nc1cc(Cl)ccc12. The zero-order valence-electron chi connectivity index (χ0n) is 17.3. The molecule has 2 aliphatic rings. The number of anilines is 2. The molecule has 0 saturated carbocycles. The minimum atomic E-state index is -3.64. The molecule has 2 aromatic rings. The van der Waals surface area contributed by atoms with E-state index in [0.29, 0.717) is 32.4 Å². The highest BCUT2D eigenvalue weighted by molar-refractivity contribution is 7.92. The highest BCUT2D eigenvalue weighted by atomic mass is 35.5. The Morgan fingerprint density at radius 2 is 1.81 bits per heavy atom. The molecule has 0 aromatic heterocycles. The normalized spacial score (nSPS) is 24.6. The van der Waals surface area contributed by atoms with Crippen molar-refractivity contribution < 1.29 is 18.0 Å². The van der Waals surface area contributed by atoms with Crippen molar-refractivity contribution in [3.05, 3.63) is 69.7 Å². The second kappa shape index (κ2) is 7.79. The molecule has 0 bridgehead atoms. The van der Waals surface area contributed by atoms with Gasteiger partial charge in [-0.1, -0.05) is 41.4 Å². The maximum atomic E-state index is 13.7. The van der Waals surface area contributed by atoms with Crippen LogP contribution in [0.4, 0.5) is 11.4 Å². The van der Waals surface area contributed by atoms with Gasteiger partial charge in [-0.15, -0.1) is 0 Å². The van der Waals surface area contributed by atoms with Crippen LogP contribution in [-0.4, -0.2) is 32.5 Å². The van der Waals surface area contributed by atoms with Crippen LogP contribution in [0.3, 0.4) is 0 Å². The second-order valence-electron chi connectivity index (χ2n) is 8.22. The van der Waals surface area contributed by atoms with Crippen molar-refractivity contribution in [3.63, 3.8) is 0 Å². The zero-order valence-corrected chi connectivity index (χ0v) is 19.7. The summed E-state index contributed by atoms with van der Waals surface area (Å²) in [4.78, 5) is 26.5. The molecule has 168 valence electrons. The van der Waals surface area contributed by atoms with E-state index in [4.69, 9.17) is 23.2 Å². The molecule has 0 aliphatic carbocycles. The summed E-state index contributed by atoms with van der Waals surface area (Å²) in [7, 11) is -3.64. The van der Waals surface area contributed by atoms with Crippen LogP contribution in [0.1, 0.15) is 30.4 Å². The van der Waals surface area contributed by atoms with Crippen LogP contribution in [0.5, 0.6) is 0 Å². The van der Waals surface area contributed by atoms with Crippen LogP contribution < -0.4 is 15.4 Å². The summed E-state index contributed by atoms with van der Waals surface area (Å²) >= 11 is 12.4. The Balaban J connectivity index is 2.04. The van der Waals surface area contributed by atoms with Gasteiger partial charge in [0.15, 0.2) is 0 Å². The van der Waals surface area contributed by atoms with Crippen molar-refractivity contribution in [2.24, 2.45) is 0 Å². The minimum Gasteiger partial charge on any atom is -0.348 e. The van der Waals surface area contributed by atoms with Crippen LogP contribution >= 0.6 is 23.2 Å². The van der Waals surface area contributed by atoms with E-state index in [9.17, 15) is 18.0 Å². The van der Waals surface area contributed by atoms with Gasteiger partial charge in [-0.25, -0.2) is 8.42 Å². The van der Waals surface area contributed by atoms with Crippen molar-refractivity contribution in [2.75, 3.05) is 16.3 Å². The van der Waals surface area contributed by atoms with Gasteiger partial charge in [-0.3, -0.25) is 14.3 Å². The van der Waals surface area contributed by atoms with Gasteiger partial charge in [0.05, 0.1) is 18.0 Å². The first-order chi connectivity index (χ1) is 14.9. The van der Waals surface area contributed by atoms with E-state index in [1.807, 2.05) is 0 Å². The van der Waals surface area contributed by atoms with Crippen molar-refractivity contribution in [3.8, 4) is 0 Å². The lowest BCUT2D eigenvalue weighted by atomic mass is 9.59. The van der Waals surface area contributed by atoms with Crippen LogP contribution in [0.25, 0.3) is 0 Å². The minimum absolute atomic E-state index is 0.0575. The molecule has 32 heavy (non-hydrogen) atoms. The predicted octanol–water partition coefficient (Wildman–Crippen LogP) is 3.80. The van der Waals surface area contributed by atoms with Gasteiger partial charge >= 0.3 is 0 Å². The fourth-order valence-corrected chi connectivity index (χ4v) is 5.76. The Bertz CT molecular complexity index is 1280. The number of amides is 2. The number of sulfonamides is 1. The molecule has 3 atom stereocenters. The molecule has 2 aliphatic heterocycles. The summed E-state index contributed by atoms with van der Waals surface area (Å²) in [5.41, 5.74) is 1.19. The summed E-state index contributed by atoms with van der Waals surface area (Å²) in [6, 6.07) is 9.03. The van der Waals surface area contributed by atoms with Crippen molar-refractivity contribution in [1.82, 2.24) is 5.32 Å². The number of nitrogens with one attached hydrogen (secondary N) is 3. The number of carbonyl (C=O) groups excluding carboxylic acids is 2. The summed E-state index contributed by atoms with van der Waals surface area (Å²) in [5, 5.41) is 6.61. The number of rotatable bonds is 4. The van der Waals surface area contributed by atoms with Gasteiger partial charge in [-0.2, -0.15) is 0 Å². The average Bonchev–Trinajstić information content (AvgIpc) is 2.95. The van der Waals surface area contributed by atoms with Crippen LogP contribution in [0.15, 0.2) is 48.6 Å². The maximum absolute atomic E-state index is 13.7. The molecule has 1 spiro atoms. The number of halogens is 2. The number of piperidine rings is 1. The molecule has 1 saturated heterocycles. The van der Waals surface area contributed by atoms with E-state index in [1.54, 1.807) is 37.3 Å². The monoisotopic (exact) mass is 493 g/mol. The van der Waals surface area contributed by atoms with Gasteiger partial charge in [0.2, 0.25) is 21.8 Å². The molecule has 3 unspecified atom stereocenters. The van der Waals surface area contributed by atoms with Gasteiger partial charge in [-0.05, 0) is 48.4 Å². The Kier molecular flexibility index (Phi) is 5.51. The smallest absolute Gasteiger partial charge is 0.238 e. The summed E-state index contributed by atoms with van der Waals surface area (Å²) < 4.78 is 26.6. The lowest BCUT2D eigenvalue weighted by molar-refractivity contribution is -0.130. The molecule has 2 amide bonds. The number of benzene rings is 2. The molecule has 0 radical (unpaired) electrons. The molecule has 7 nitrogen and oxygen atoms in total. The van der Waals surface area contributed by atoms with Gasteiger partial charge in [0.1, 0.15) is 5.41 Å². The molecule has 2 aromatic carbocycles. The van der Waals surface area contributed by atoms with Crippen LogP contribution in [0.2, 0.25) is 10.0 Å². The third kappa shape index (κ3) is 3.66. The summed E-state index contributed by atoms with van der Waals surface area (Å²) in [6.45, 7) is 5.77. The molecule has 3 N–H and O–H groups in total. The van der Waals surface area contributed by atoms with Gasteiger partial charge in [0.25, 0.3) is 0 Å².